The zero-order valence-electron chi connectivity index (χ0n) is 22.2. The van der Waals surface area contributed by atoms with E-state index >= 15 is 0 Å². The molecule has 0 unspecified atom stereocenters. The number of phenolic OH excluding ortho intramolecular Hbond substituents is 1. The number of hydrogen-bond acceptors (Lipinski definition) is 5. The number of carbonyl (C=O) groups excluding carboxylic acids is 2. The van der Waals surface area contributed by atoms with E-state index in [1.807, 2.05) is 49.4 Å². The fraction of sp³-hybridized carbons (Fsp3) is 0.273. The van der Waals surface area contributed by atoms with Crippen molar-refractivity contribution in [2.24, 2.45) is 17.8 Å². The maximum Gasteiger partial charge on any atom is 0.455 e. The maximum atomic E-state index is 13.8. The van der Waals surface area contributed by atoms with Crippen LogP contribution in [0.5, 0.6) is 5.75 Å². The van der Waals surface area contributed by atoms with Crippen molar-refractivity contribution in [3.63, 3.8) is 0 Å². The van der Waals surface area contributed by atoms with Crippen LogP contribution in [0.3, 0.4) is 0 Å². The number of aromatic hydroxyl groups is 1. The summed E-state index contributed by atoms with van der Waals surface area (Å²) < 4.78 is 7.01. The van der Waals surface area contributed by atoms with Crippen molar-refractivity contribution < 1.29 is 24.4 Å². The molecule has 1 heterocycles. The molecule has 1 fully saturated rings. The summed E-state index contributed by atoms with van der Waals surface area (Å²) in [5.74, 6) is -0.905. The summed E-state index contributed by atoms with van der Waals surface area (Å²) in [5.41, 5.74) is 5.92. The van der Waals surface area contributed by atoms with Crippen LogP contribution in [0.2, 0.25) is 6.32 Å². The Kier molecular flexibility index (Phi) is 7.38. The number of rotatable bonds is 5. The van der Waals surface area contributed by atoms with E-state index in [9.17, 15) is 19.7 Å². The molecule has 2 N–H and O–H groups in total. The molecular formula is C33H30BBrO5. The number of fused-ring (bicyclic) bond motifs is 4. The first kappa shape index (κ1) is 26.9. The Labute approximate surface area is 242 Å². The van der Waals surface area contributed by atoms with Crippen LogP contribution in [0.4, 0.5) is 0 Å². The number of ketones is 2. The highest BCUT2D eigenvalue weighted by atomic mass is 79.9. The summed E-state index contributed by atoms with van der Waals surface area (Å²) in [6.07, 6.45) is 3.66. The van der Waals surface area contributed by atoms with E-state index in [2.05, 4.69) is 15.9 Å². The number of allylic oxidation sites excluding steroid dienone is 2. The summed E-state index contributed by atoms with van der Waals surface area (Å²) in [6.45, 7) is 2.04. The maximum absolute atomic E-state index is 13.8. The summed E-state index contributed by atoms with van der Waals surface area (Å²) >= 11 is 3.50. The Morgan fingerprint density at radius 2 is 1.70 bits per heavy atom. The molecule has 3 aliphatic rings. The monoisotopic (exact) mass is 596 g/mol. The first-order chi connectivity index (χ1) is 19.3. The summed E-state index contributed by atoms with van der Waals surface area (Å²) in [7, 11) is -1.01. The Balaban J connectivity index is 1.33. The van der Waals surface area contributed by atoms with Crippen LogP contribution < -0.4 is 0 Å². The first-order valence-electron chi connectivity index (χ1n) is 13.8. The lowest BCUT2D eigenvalue weighted by molar-refractivity contribution is 0.0602. The van der Waals surface area contributed by atoms with Crippen LogP contribution in [0.15, 0.2) is 88.4 Å². The number of halogens is 1. The second-order valence-corrected chi connectivity index (χ2v) is 12.0. The molecular weight excluding hydrogens is 567 g/mol. The van der Waals surface area contributed by atoms with Gasteiger partial charge in [0.15, 0.2) is 11.6 Å². The molecule has 0 amide bonds. The molecule has 0 saturated carbocycles. The largest absolute Gasteiger partial charge is 0.507 e. The normalized spacial score (nSPS) is 24.5. The summed E-state index contributed by atoms with van der Waals surface area (Å²) in [5, 5.41) is 21.3. The molecule has 0 bridgehead atoms. The number of hydrogen-bond donors (Lipinski definition) is 2. The van der Waals surface area contributed by atoms with Gasteiger partial charge in [0.05, 0.1) is 6.10 Å². The zero-order valence-corrected chi connectivity index (χ0v) is 23.8. The van der Waals surface area contributed by atoms with E-state index in [1.54, 1.807) is 36.4 Å². The van der Waals surface area contributed by atoms with E-state index in [0.717, 1.165) is 26.8 Å². The molecule has 0 radical (unpaired) electrons. The van der Waals surface area contributed by atoms with Gasteiger partial charge in [-0.05, 0) is 79.4 Å². The van der Waals surface area contributed by atoms with Gasteiger partial charge in [-0.1, -0.05) is 76.1 Å². The lowest BCUT2D eigenvalue weighted by atomic mass is 9.54. The van der Waals surface area contributed by atoms with Crippen molar-refractivity contribution in [2.75, 3.05) is 0 Å². The van der Waals surface area contributed by atoms with Gasteiger partial charge in [-0.25, -0.2) is 0 Å². The second-order valence-electron chi connectivity index (χ2n) is 11.0. The molecule has 1 saturated heterocycles. The van der Waals surface area contributed by atoms with E-state index < -0.39 is 19.0 Å². The van der Waals surface area contributed by atoms with Crippen molar-refractivity contribution >= 4 is 46.3 Å². The first-order valence-corrected chi connectivity index (χ1v) is 14.6. The molecule has 5 nitrogen and oxygen atoms in total. The molecule has 2 aliphatic carbocycles. The minimum absolute atomic E-state index is 0.00181. The third-order valence-corrected chi connectivity index (χ3v) is 9.14. The lowest BCUT2D eigenvalue weighted by Gasteiger charge is -2.47. The Hall–Kier alpha value is -3.26. The topological polar surface area (TPSA) is 83.8 Å². The van der Waals surface area contributed by atoms with Crippen molar-refractivity contribution in [3.8, 4) is 5.75 Å². The molecule has 7 heteroatoms. The molecule has 3 aromatic carbocycles. The standard InChI is InChI=1S/C33H30BBrO5/c1-19-15-26-31(33(38)25-10-6-5-9-24(25)32(26)37)27-18-34(39)40-29(30(19)27)14-11-21(20-7-3-2-4-8-20)16-22-17-23(35)12-13-28(22)36/h2-10,12-13,16-17,26-27,29,31,36,39H,11,14-15,18H2,1H3/b21-16-/t26-,27+,29-,31-/m1/s1. The summed E-state index contributed by atoms with van der Waals surface area (Å²) in [4.78, 5) is 27.2. The van der Waals surface area contributed by atoms with E-state index in [1.165, 1.54) is 0 Å². The Morgan fingerprint density at radius 1 is 1.00 bits per heavy atom. The molecule has 202 valence electrons. The fourth-order valence-electron chi connectivity index (χ4n) is 6.89. The van der Waals surface area contributed by atoms with Crippen LogP contribution in [0.25, 0.3) is 11.6 Å². The van der Waals surface area contributed by atoms with Crippen LogP contribution in [0.1, 0.15) is 58.0 Å². The van der Waals surface area contributed by atoms with Crippen LogP contribution in [0, 0.1) is 17.8 Å². The zero-order chi connectivity index (χ0) is 28.0. The third-order valence-electron chi connectivity index (χ3n) is 8.65. The highest BCUT2D eigenvalue weighted by molar-refractivity contribution is 9.10. The number of carbonyl (C=O) groups is 2. The predicted molar refractivity (Wildman–Crippen MR) is 160 cm³/mol. The SMILES string of the molecule is CC1=C2[C@@H](CC/C(=C/c3cc(Br)ccc3O)c3ccccc3)OB(O)C[C@@H]2[C@@H]2C(=O)c3ccccc3C(=O)[C@@H]2C1. The van der Waals surface area contributed by atoms with Gasteiger partial charge in [0.25, 0.3) is 0 Å². The van der Waals surface area contributed by atoms with Crippen molar-refractivity contribution in [2.45, 2.75) is 38.6 Å². The van der Waals surface area contributed by atoms with Gasteiger partial charge in [0.1, 0.15) is 5.75 Å². The van der Waals surface area contributed by atoms with Gasteiger partial charge in [-0.15, -0.1) is 0 Å². The number of benzene rings is 3. The van der Waals surface area contributed by atoms with E-state index in [4.69, 9.17) is 4.65 Å². The average Bonchev–Trinajstić information content (AvgIpc) is 2.95. The third kappa shape index (κ3) is 4.91. The van der Waals surface area contributed by atoms with Crippen molar-refractivity contribution in [1.82, 2.24) is 0 Å². The molecule has 3 aromatic rings. The molecule has 1 aliphatic heterocycles. The van der Waals surface area contributed by atoms with Gasteiger partial charge in [-0.2, -0.15) is 0 Å². The van der Waals surface area contributed by atoms with E-state index in [0.29, 0.717) is 42.3 Å². The predicted octanol–water partition coefficient (Wildman–Crippen LogP) is 7.00. The quantitative estimate of drug-likeness (QED) is 0.188. The van der Waals surface area contributed by atoms with Crippen LogP contribution in [-0.4, -0.2) is 34.9 Å². The molecule has 6 rings (SSSR count). The molecule has 0 spiro atoms. The Bertz CT molecular complexity index is 1550. The lowest BCUT2D eigenvalue weighted by Crippen LogP contribution is -2.50. The molecule has 4 atom stereocenters. The molecule has 0 aromatic heterocycles. The van der Waals surface area contributed by atoms with Gasteiger partial charge < -0.3 is 14.8 Å². The average molecular weight is 597 g/mol. The second kappa shape index (κ2) is 11.0. The van der Waals surface area contributed by atoms with Gasteiger partial charge in [0.2, 0.25) is 0 Å². The Morgan fingerprint density at radius 3 is 2.45 bits per heavy atom. The van der Waals surface area contributed by atoms with Crippen molar-refractivity contribution in [1.29, 1.82) is 0 Å². The number of phenols is 1. The highest BCUT2D eigenvalue weighted by Crippen LogP contribution is 2.51. The van der Waals surface area contributed by atoms with E-state index in [-0.39, 0.29) is 29.3 Å². The molecule has 40 heavy (non-hydrogen) atoms. The minimum atomic E-state index is -1.01. The fourth-order valence-corrected chi connectivity index (χ4v) is 7.27. The van der Waals surface area contributed by atoms with Crippen molar-refractivity contribution in [3.05, 3.63) is 111 Å². The van der Waals surface area contributed by atoms with Crippen LogP contribution in [-0.2, 0) is 4.65 Å². The van der Waals surface area contributed by atoms with Gasteiger partial charge in [0, 0.05) is 33.0 Å². The number of Topliss-reactive ketones (excluding diaryl/α,β-unsaturated/α-hetero) is 2. The van der Waals surface area contributed by atoms with Crippen LogP contribution >= 0.6 is 15.9 Å². The summed E-state index contributed by atoms with van der Waals surface area (Å²) in [6, 6.07) is 22.5. The van der Waals surface area contributed by atoms with Gasteiger partial charge in [-0.3, -0.25) is 9.59 Å². The minimum Gasteiger partial charge on any atom is -0.507 e. The highest BCUT2D eigenvalue weighted by Gasteiger charge is 2.52. The van der Waals surface area contributed by atoms with Gasteiger partial charge >= 0.3 is 7.12 Å². The smallest absolute Gasteiger partial charge is 0.455 e.